The smallest absolute Gasteiger partial charge is 0.302 e. The first-order chi connectivity index (χ1) is 13.4. The third kappa shape index (κ3) is 273. The van der Waals surface area contributed by atoms with Crippen molar-refractivity contribution in [3.8, 4) is 0 Å². The lowest BCUT2D eigenvalue weighted by atomic mass is 10.4. The summed E-state index contributed by atoms with van der Waals surface area (Å²) in [5.74, 6) is 0.419. The number of sulfone groups is 2. The largest absolute Gasteiger partial charge is 0.469 e. The number of methoxy groups -OCH3 is 1. The normalized spacial score (nSPS) is 9.55. The summed E-state index contributed by atoms with van der Waals surface area (Å²) in [6.07, 6.45) is 5.19. The van der Waals surface area contributed by atoms with E-state index in [9.17, 15) is 39.6 Å². The molecule has 0 aromatic carbocycles. The number of carbonyl (C=O) groups is 3. The lowest BCUT2D eigenvalue weighted by molar-refractivity contribution is -0.138. The van der Waals surface area contributed by atoms with Gasteiger partial charge in [-0.05, 0) is 20.8 Å². The SMILES string of the molecule is CC(C)=O.CCC(C)=O.CCS(C)(=O)=O.COC(C)=O.COS(C)(=O)=O.CS(C)(=O)=O. The summed E-state index contributed by atoms with van der Waals surface area (Å²) in [5, 5.41) is 0. The first kappa shape index (κ1) is 43.5. The molecule has 0 atom stereocenters. The predicted octanol–water partition coefficient (Wildman–Crippen LogP) is 1.06. The van der Waals surface area contributed by atoms with Gasteiger partial charge in [-0.1, -0.05) is 13.8 Å². The standard InChI is InChI=1S/C4H8O.C3H8O2S.C3H6O2.C3H6O.C2H6O3S.C2H6O2S/c1-3-4(2)5;1-3-6(2,4)5;1-3(4)5-2;1-3(2)4;1-5-6(2,3)4;1-5(2,3)4/h3H2,1-2H3;3H2,1-2H3;1-2H3;1-2H3;1-2H3;1-2H3. The first-order valence-corrected chi connectivity index (χ1v) is 14.7. The van der Waals surface area contributed by atoms with Crippen LogP contribution in [0.15, 0.2) is 0 Å². The van der Waals surface area contributed by atoms with Crippen molar-refractivity contribution in [2.45, 2.75) is 48.0 Å². The Balaban J connectivity index is -0.0000000608. The molecule has 11 nitrogen and oxygen atoms in total. The molecule has 0 bridgehead atoms. The van der Waals surface area contributed by atoms with Crippen LogP contribution >= 0.6 is 0 Å². The summed E-state index contributed by atoms with van der Waals surface area (Å²) in [6.45, 7) is 9.47. The lowest BCUT2D eigenvalue weighted by Gasteiger charge is -1.84. The summed E-state index contributed by atoms with van der Waals surface area (Å²) in [5.41, 5.74) is 0. The quantitative estimate of drug-likeness (QED) is 0.388. The van der Waals surface area contributed by atoms with Crippen LogP contribution < -0.4 is 0 Å². The molecule has 0 aromatic rings. The van der Waals surface area contributed by atoms with Crippen LogP contribution in [-0.2, 0) is 53.1 Å². The van der Waals surface area contributed by atoms with Gasteiger partial charge in [0.05, 0.1) is 20.5 Å². The third-order valence-electron chi connectivity index (χ3n) is 1.61. The van der Waals surface area contributed by atoms with E-state index >= 15 is 0 Å². The van der Waals surface area contributed by atoms with E-state index in [1.54, 1.807) is 13.8 Å². The van der Waals surface area contributed by atoms with Crippen LogP contribution in [0.3, 0.4) is 0 Å². The molecule has 0 aliphatic heterocycles. The van der Waals surface area contributed by atoms with Gasteiger partial charge in [-0.3, -0.25) is 8.98 Å². The minimum atomic E-state index is -3.16. The Bertz CT molecular complexity index is 706. The Kier molecular flexibility index (Phi) is 34.9. The Morgan fingerprint density at radius 3 is 0.839 bits per heavy atom. The minimum absolute atomic E-state index is 0.167. The Labute approximate surface area is 188 Å². The van der Waals surface area contributed by atoms with E-state index in [2.05, 4.69) is 8.92 Å². The predicted molar refractivity (Wildman–Crippen MR) is 123 cm³/mol. The zero-order valence-corrected chi connectivity index (χ0v) is 23.1. The van der Waals surface area contributed by atoms with E-state index < -0.39 is 29.8 Å². The highest BCUT2D eigenvalue weighted by Gasteiger charge is 1.91. The van der Waals surface area contributed by atoms with Crippen molar-refractivity contribution in [1.82, 2.24) is 0 Å². The highest BCUT2D eigenvalue weighted by atomic mass is 32.2. The molecular weight excluding hydrogens is 476 g/mol. The minimum Gasteiger partial charge on any atom is -0.469 e. The summed E-state index contributed by atoms with van der Waals surface area (Å²) in [7, 11) is -6.02. The van der Waals surface area contributed by atoms with E-state index in [-0.39, 0.29) is 23.3 Å². The van der Waals surface area contributed by atoms with Crippen LogP contribution in [-0.4, -0.2) is 87.8 Å². The Hall–Kier alpha value is -1.38. The molecule has 0 aliphatic carbocycles. The topological polar surface area (TPSA) is 172 Å². The van der Waals surface area contributed by atoms with Crippen LogP contribution in [0, 0.1) is 0 Å². The summed E-state index contributed by atoms with van der Waals surface area (Å²) in [6, 6.07) is 0. The monoisotopic (exact) mass is 516 g/mol. The van der Waals surface area contributed by atoms with Gasteiger partial charge in [0.25, 0.3) is 10.1 Å². The van der Waals surface area contributed by atoms with Crippen LogP contribution in [0.5, 0.6) is 0 Å². The fraction of sp³-hybridized carbons (Fsp3) is 0.824. The van der Waals surface area contributed by atoms with Crippen LogP contribution in [0.25, 0.3) is 0 Å². The zero-order valence-electron chi connectivity index (χ0n) is 20.6. The van der Waals surface area contributed by atoms with E-state index in [1.807, 2.05) is 6.92 Å². The molecule has 0 saturated heterocycles. The molecule has 192 valence electrons. The number of hydrogen-bond donors (Lipinski definition) is 0. The maximum Gasteiger partial charge on any atom is 0.302 e. The molecule has 0 aromatic heterocycles. The molecular formula is C17H40O11S3. The lowest BCUT2D eigenvalue weighted by Crippen LogP contribution is -1.96. The van der Waals surface area contributed by atoms with Crippen molar-refractivity contribution in [2.24, 2.45) is 0 Å². The maximum atomic E-state index is 10.0. The van der Waals surface area contributed by atoms with Crippen molar-refractivity contribution in [3.63, 3.8) is 0 Å². The second-order valence-electron chi connectivity index (χ2n) is 5.89. The van der Waals surface area contributed by atoms with Crippen molar-refractivity contribution >= 4 is 47.3 Å². The number of ketones is 2. The fourth-order valence-electron chi connectivity index (χ4n) is 0. The van der Waals surface area contributed by atoms with E-state index in [0.717, 1.165) is 25.9 Å². The fourth-order valence-corrected chi connectivity index (χ4v) is 0. The molecule has 0 aliphatic rings. The van der Waals surface area contributed by atoms with Gasteiger partial charge in [-0.2, -0.15) is 8.42 Å². The summed E-state index contributed by atoms with van der Waals surface area (Å²) >= 11 is 0. The van der Waals surface area contributed by atoms with Gasteiger partial charge < -0.3 is 14.3 Å². The Morgan fingerprint density at radius 1 is 0.710 bits per heavy atom. The summed E-state index contributed by atoms with van der Waals surface area (Å²) in [4.78, 5) is 28.8. The molecule has 0 N–H and O–H groups in total. The molecule has 14 heteroatoms. The van der Waals surface area contributed by atoms with Gasteiger partial charge in [-0.25, -0.2) is 16.8 Å². The number of Topliss-reactive ketones (excluding diaryl/α,β-unsaturated/α-hetero) is 2. The molecule has 0 radical (unpaired) electrons. The van der Waals surface area contributed by atoms with E-state index in [1.165, 1.54) is 34.1 Å². The van der Waals surface area contributed by atoms with Crippen molar-refractivity contribution in [3.05, 3.63) is 0 Å². The van der Waals surface area contributed by atoms with Gasteiger partial charge in [0.15, 0.2) is 0 Å². The second kappa shape index (κ2) is 24.9. The second-order valence-corrected chi connectivity index (χ2v) is 12.3. The number of hydrogen-bond acceptors (Lipinski definition) is 11. The van der Waals surface area contributed by atoms with E-state index in [4.69, 9.17) is 0 Å². The number of rotatable bonds is 3. The maximum absolute atomic E-state index is 10.0. The molecule has 0 amide bonds. The van der Waals surface area contributed by atoms with Crippen LogP contribution in [0.2, 0.25) is 0 Å². The molecule has 0 rings (SSSR count). The number of ether oxygens (including phenoxy) is 1. The molecule has 0 unspecified atom stereocenters. The molecule has 0 spiro atoms. The molecule has 0 saturated carbocycles. The Morgan fingerprint density at radius 2 is 0.839 bits per heavy atom. The van der Waals surface area contributed by atoms with Gasteiger partial charge >= 0.3 is 5.97 Å². The van der Waals surface area contributed by atoms with Gasteiger partial charge in [0.2, 0.25) is 0 Å². The molecule has 0 heterocycles. The highest BCUT2D eigenvalue weighted by molar-refractivity contribution is 7.90. The number of carbonyl (C=O) groups excluding carboxylic acids is 3. The van der Waals surface area contributed by atoms with Crippen molar-refractivity contribution < 1.29 is 48.6 Å². The zero-order chi connectivity index (χ0) is 27.1. The van der Waals surface area contributed by atoms with Gasteiger partial charge in [0, 0.05) is 37.9 Å². The van der Waals surface area contributed by atoms with Crippen LogP contribution in [0.4, 0.5) is 0 Å². The van der Waals surface area contributed by atoms with Gasteiger partial charge in [0.1, 0.15) is 31.2 Å². The van der Waals surface area contributed by atoms with Crippen molar-refractivity contribution in [2.75, 3.05) is 45.0 Å². The first-order valence-electron chi connectivity index (χ1n) is 8.49. The highest BCUT2D eigenvalue weighted by Crippen LogP contribution is 1.76. The average molecular weight is 517 g/mol. The van der Waals surface area contributed by atoms with Crippen LogP contribution in [0.1, 0.15) is 48.0 Å². The summed E-state index contributed by atoms with van der Waals surface area (Å²) < 4.78 is 66.8. The van der Waals surface area contributed by atoms with Crippen molar-refractivity contribution in [1.29, 1.82) is 0 Å². The van der Waals surface area contributed by atoms with E-state index in [0.29, 0.717) is 6.42 Å². The number of esters is 1. The molecule has 0 fully saturated rings. The third-order valence-corrected chi connectivity index (χ3v) is 3.27. The van der Waals surface area contributed by atoms with Gasteiger partial charge in [-0.15, -0.1) is 0 Å². The molecule has 31 heavy (non-hydrogen) atoms. The average Bonchev–Trinajstić information content (AvgIpc) is 2.53.